The van der Waals surface area contributed by atoms with Crippen LogP contribution in [0.15, 0.2) is 30.3 Å². The second kappa shape index (κ2) is 11.7. The Bertz CT molecular complexity index is 822. The Morgan fingerprint density at radius 1 is 0.806 bits per heavy atom. The third-order valence-corrected chi connectivity index (χ3v) is 7.27. The Morgan fingerprint density at radius 3 is 1.94 bits per heavy atom. The molecule has 1 aromatic rings. The van der Waals surface area contributed by atoms with Crippen LogP contribution in [0.25, 0.3) is 0 Å². The molecule has 3 aliphatic rings. The number of hydrogen-bond acceptors (Lipinski definition) is 10. The van der Waals surface area contributed by atoms with Crippen LogP contribution in [0.1, 0.15) is 52.5 Å². The van der Waals surface area contributed by atoms with E-state index in [0.29, 0.717) is 13.0 Å². The van der Waals surface area contributed by atoms with Crippen LogP contribution < -0.4 is 0 Å². The molecule has 3 saturated heterocycles. The van der Waals surface area contributed by atoms with E-state index in [1.165, 1.54) is 6.92 Å². The highest BCUT2D eigenvalue weighted by molar-refractivity contribution is 5.13. The summed E-state index contributed by atoms with van der Waals surface area (Å²) in [7, 11) is 0. The molecule has 0 amide bonds. The first-order chi connectivity index (χ1) is 17.0. The Balaban J connectivity index is 1.35. The number of aliphatic hydroxyl groups excluding tert-OH is 3. The molecular formula is C26H40O10. The second-order valence-electron chi connectivity index (χ2n) is 10.4. The van der Waals surface area contributed by atoms with Crippen LogP contribution in [-0.2, 0) is 35.0 Å². The summed E-state index contributed by atoms with van der Waals surface area (Å²) < 4.78 is 35.5. The van der Waals surface area contributed by atoms with Gasteiger partial charge in [-0.1, -0.05) is 30.3 Å². The molecule has 36 heavy (non-hydrogen) atoms. The van der Waals surface area contributed by atoms with Crippen molar-refractivity contribution in [3.8, 4) is 0 Å². The van der Waals surface area contributed by atoms with Crippen LogP contribution in [0.2, 0.25) is 0 Å². The number of aliphatic hydroxyl groups is 4. The molecular weight excluding hydrogens is 472 g/mol. The maximum absolute atomic E-state index is 10.7. The molecule has 1 aromatic carbocycles. The summed E-state index contributed by atoms with van der Waals surface area (Å²) in [6, 6.07) is 9.75. The van der Waals surface area contributed by atoms with Crippen molar-refractivity contribution in [2.75, 3.05) is 0 Å². The fourth-order valence-corrected chi connectivity index (χ4v) is 5.04. The lowest BCUT2D eigenvalue weighted by Gasteiger charge is -2.45. The quantitative estimate of drug-likeness (QED) is 0.422. The molecule has 0 aromatic heterocycles. The van der Waals surface area contributed by atoms with E-state index in [1.807, 2.05) is 30.3 Å². The standard InChI is InChI=1S/C26H40O10/c1-14-23(27)18(10-20(32-14)31-13-17-8-6-5-7-9-17)35-21-11-19(24(28)15(2)33-21)36-22-12-26(4,30)25(29)16(3)34-22/h5-9,14-16,18-25,27-30H,10-13H2,1-4H3/t14-,15-,16+,18-,19-,20-,21+,22+,23-,24-,25+,26+/m1/s1. The molecule has 0 unspecified atom stereocenters. The zero-order valence-electron chi connectivity index (χ0n) is 21.3. The van der Waals surface area contributed by atoms with Crippen molar-refractivity contribution in [2.45, 2.75) is 127 Å². The average Bonchev–Trinajstić information content (AvgIpc) is 2.82. The van der Waals surface area contributed by atoms with E-state index < -0.39 is 73.3 Å². The van der Waals surface area contributed by atoms with Crippen LogP contribution in [0.5, 0.6) is 0 Å². The molecule has 3 fully saturated rings. The van der Waals surface area contributed by atoms with Gasteiger partial charge in [0.05, 0.1) is 42.7 Å². The highest BCUT2D eigenvalue weighted by Crippen LogP contribution is 2.34. The summed E-state index contributed by atoms with van der Waals surface area (Å²) in [6.45, 7) is 7.05. The van der Waals surface area contributed by atoms with Gasteiger partial charge in [-0.15, -0.1) is 0 Å². The van der Waals surface area contributed by atoms with Crippen molar-refractivity contribution in [3.05, 3.63) is 35.9 Å². The van der Waals surface area contributed by atoms with Crippen molar-refractivity contribution in [3.63, 3.8) is 0 Å². The van der Waals surface area contributed by atoms with E-state index in [-0.39, 0.29) is 12.8 Å². The van der Waals surface area contributed by atoms with Crippen molar-refractivity contribution < 1.29 is 48.8 Å². The van der Waals surface area contributed by atoms with E-state index >= 15 is 0 Å². The predicted molar refractivity (Wildman–Crippen MR) is 126 cm³/mol. The van der Waals surface area contributed by atoms with E-state index in [0.717, 1.165) is 5.56 Å². The van der Waals surface area contributed by atoms with Crippen LogP contribution in [-0.4, -0.2) is 93.7 Å². The minimum Gasteiger partial charge on any atom is -0.388 e. The van der Waals surface area contributed by atoms with Gasteiger partial charge < -0.3 is 48.8 Å². The van der Waals surface area contributed by atoms with Crippen molar-refractivity contribution in [1.82, 2.24) is 0 Å². The lowest BCUT2D eigenvalue weighted by atomic mass is 9.89. The van der Waals surface area contributed by atoms with Crippen LogP contribution >= 0.6 is 0 Å². The van der Waals surface area contributed by atoms with Crippen LogP contribution in [0, 0.1) is 0 Å². The Labute approximate surface area is 212 Å². The van der Waals surface area contributed by atoms with Gasteiger partial charge in [0.15, 0.2) is 18.9 Å². The summed E-state index contributed by atoms with van der Waals surface area (Å²) in [5, 5.41) is 42.1. The van der Waals surface area contributed by atoms with Gasteiger partial charge in [-0.05, 0) is 33.3 Å². The van der Waals surface area contributed by atoms with Crippen LogP contribution in [0.3, 0.4) is 0 Å². The van der Waals surface area contributed by atoms with Crippen molar-refractivity contribution >= 4 is 0 Å². The van der Waals surface area contributed by atoms with Gasteiger partial charge in [0.2, 0.25) is 0 Å². The number of ether oxygens (including phenoxy) is 6. The molecule has 0 bridgehead atoms. The van der Waals surface area contributed by atoms with Gasteiger partial charge in [0.1, 0.15) is 18.3 Å². The normalized spacial score (nSPS) is 45.9. The van der Waals surface area contributed by atoms with E-state index in [9.17, 15) is 20.4 Å². The molecule has 3 aliphatic heterocycles. The van der Waals surface area contributed by atoms with Gasteiger partial charge >= 0.3 is 0 Å². The Hall–Kier alpha value is -1.18. The number of rotatable bonds is 7. The lowest BCUT2D eigenvalue weighted by Crippen LogP contribution is -2.58. The first kappa shape index (κ1) is 27.8. The first-order valence-electron chi connectivity index (χ1n) is 12.7. The number of hydrogen-bond donors (Lipinski definition) is 4. The average molecular weight is 513 g/mol. The first-order valence-corrected chi connectivity index (χ1v) is 12.7. The zero-order valence-corrected chi connectivity index (χ0v) is 21.3. The third-order valence-electron chi connectivity index (χ3n) is 7.27. The fourth-order valence-electron chi connectivity index (χ4n) is 5.04. The monoisotopic (exact) mass is 512 g/mol. The SMILES string of the molecule is C[C@@H]1O[C@@H](O[C@@H]2C[C@H](O[C@@H]3C[C@H](OCc4ccccc4)O[C@H](C)[C@H]3O)O[C@H](C)[C@H]2O)C[C@](C)(O)[C@H]1O. The predicted octanol–water partition coefficient (Wildman–Crippen LogP) is 1.21. The third kappa shape index (κ3) is 6.63. The fraction of sp³-hybridized carbons (Fsp3) is 0.769. The highest BCUT2D eigenvalue weighted by atomic mass is 16.7. The molecule has 4 rings (SSSR count). The summed E-state index contributed by atoms with van der Waals surface area (Å²) in [4.78, 5) is 0. The van der Waals surface area contributed by atoms with Gasteiger partial charge in [0.25, 0.3) is 0 Å². The van der Waals surface area contributed by atoms with Gasteiger partial charge in [-0.25, -0.2) is 0 Å². The van der Waals surface area contributed by atoms with E-state index in [4.69, 9.17) is 28.4 Å². The largest absolute Gasteiger partial charge is 0.388 e. The van der Waals surface area contributed by atoms with Crippen LogP contribution in [0.4, 0.5) is 0 Å². The molecule has 204 valence electrons. The molecule has 0 aliphatic carbocycles. The maximum Gasteiger partial charge on any atom is 0.161 e. The van der Waals surface area contributed by atoms with E-state index in [1.54, 1.807) is 20.8 Å². The molecule has 10 nitrogen and oxygen atoms in total. The molecule has 3 heterocycles. The summed E-state index contributed by atoms with van der Waals surface area (Å²) in [6.07, 6.45) is -7.46. The molecule has 10 heteroatoms. The van der Waals surface area contributed by atoms with Gasteiger partial charge in [-0.3, -0.25) is 0 Å². The van der Waals surface area contributed by atoms with Crippen molar-refractivity contribution in [2.24, 2.45) is 0 Å². The minimum atomic E-state index is -1.38. The highest BCUT2D eigenvalue weighted by Gasteiger charge is 2.47. The molecule has 0 radical (unpaired) electrons. The molecule has 12 atom stereocenters. The van der Waals surface area contributed by atoms with E-state index in [2.05, 4.69) is 0 Å². The summed E-state index contributed by atoms with van der Waals surface area (Å²) in [5.74, 6) is 0. The summed E-state index contributed by atoms with van der Waals surface area (Å²) in [5.41, 5.74) is -0.363. The molecule has 0 saturated carbocycles. The minimum absolute atomic E-state index is 0.0547. The topological polar surface area (TPSA) is 136 Å². The lowest BCUT2D eigenvalue weighted by molar-refractivity contribution is -0.333. The van der Waals surface area contributed by atoms with Gasteiger partial charge in [-0.2, -0.15) is 0 Å². The summed E-state index contributed by atoms with van der Waals surface area (Å²) >= 11 is 0. The molecule has 0 spiro atoms. The Morgan fingerprint density at radius 2 is 1.33 bits per heavy atom. The van der Waals surface area contributed by atoms with Gasteiger partial charge in [0, 0.05) is 19.3 Å². The second-order valence-corrected chi connectivity index (χ2v) is 10.4. The smallest absolute Gasteiger partial charge is 0.161 e. The molecule has 4 N–H and O–H groups in total. The Kier molecular flexibility index (Phi) is 9.04. The maximum atomic E-state index is 10.7. The number of benzene rings is 1. The zero-order chi connectivity index (χ0) is 26.0. The van der Waals surface area contributed by atoms with Crippen molar-refractivity contribution in [1.29, 1.82) is 0 Å².